The van der Waals surface area contributed by atoms with Crippen LogP contribution in [-0.4, -0.2) is 23.9 Å². The van der Waals surface area contributed by atoms with Gasteiger partial charge in [0.2, 0.25) is 11.8 Å². The second-order valence-electron chi connectivity index (χ2n) is 10.0. The summed E-state index contributed by atoms with van der Waals surface area (Å²) in [4.78, 5) is 29.1. The summed E-state index contributed by atoms with van der Waals surface area (Å²) in [7, 11) is 0. The van der Waals surface area contributed by atoms with E-state index in [4.69, 9.17) is 0 Å². The van der Waals surface area contributed by atoms with E-state index in [0.29, 0.717) is 0 Å². The summed E-state index contributed by atoms with van der Waals surface area (Å²) in [5, 5.41) is 6.00. The normalized spacial score (nSPS) is 18.3. The summed E-state index contributed by atoms with van der Waals surface area (Å²) in [5.74, 6) is 0.0758. The van der Waals surface area contributed by atoms with Gasteiger partial charge in [0.25, 0.3) is 0 Å². The highest BCUT2D eigenvalue weighted by Crippen LogP contribution is 2.37. The van der Waals surface area contributed by atoms with Crippen LogP contribution in [0.4, 0.5) is 0 Å². The maximum absolute atomic E-state index is 13.5. The molecule has 0 saturated heterocycles. The summed E-state index contributed by atoms with van der Waals surface area (Å²) in [6.45, 7) is 0. The van der Waals surface area contributed by atoms with Crippen LogP contribution in [0, 0.1) is 0 Å². The fourth-order valence-electron chi connectivity index (χ4n) is 5.01. The van der Waals surface area contributed by atoms with Gasteiger partial charge in [-0.3, -0.25) is 9.59 Å². The van der Waals surface area contributed by atoms with Gasteiger partial charge in [0, 0.05) is 21.9 Å². The van der Waals surface area contributed by atoms with Crippen molar-refractivity contribution in [3.8, 4) is 0 Å². The molecule has 4 aromatic rings. The monoisotopic (exact) mass is 566 g/mol. The van der Waals surface area contributed by atoms with E-state index in [1.165, 1.54) is 0 Å². The van der Waals surface area contributed by atoms with Crippen molar-refractivity contribution in [2.75, 3.05) is 0 Å². The zero-order valence-electron chi connectivity index (χ0n) is 22.3. The Morgan fingerprint density at radius 1 is 0.500 bits per heavy atom. The number of benzene rings is 4. The van der Waals surface area contributed by atoms with Crippen LogP contribution >= 0.6 is 23.5 Å². The van der Waals surface area contributed by atoms with E-state index in [0.717, 1.165) is 46.6 Å². The molecule has 6 heteroatoms. The minimum absolute atomic E-state index is 0.0379. The third-order valence-corrected chi connectivity index (χ3v) is 9.63. The van der Waals surface area contributed by atoms with Crippen molar-refractivity contribution >= 4 is 35.3 Å². The second kappa shape index (κ2) is 14.2. The number of rotatable bonds is 10. The third kappa shape index (κ3) is 7.80. The number of carbonyl (C=O) groups excluding carboxylic acids is 2. The Bertz CT molecular complexity index is 1240. The number of nitrogens with one attached hydrogen (secondary N) is 2. The van der Waals surface area contributed by atoms with E-state index in [9.17, 15) is 9.59 Å². The van der Waals surface area contributed by atoms with Crippen molar-refractivity contribution in [2.45, 2.75) is 58.1 Å². The van der Waals surface area contributed by atoms with Gasteiger partial charge in [0.05, 0.1) is 0 Å². The van der Waals surface area contributed by atoms with Gasteiger partial charge in [-0.1, -0.05) is 97.1 Å². The van der Waals surface area contributed by atoms with Crippen LogP contribution in [-0.2, 0) is 9.59 Å². The smallest absolute Gasteiger partial charge is 0.238 e. The molecule has 0 heterocycles. The number of thioether (sulfide) groups is 2. The maximum Gasteiger partial charge on any atom is 0.238 e. The number of hydrogen-bond donors (Lipinski definition) is 2. The molecule has 0 aliphatic heterocycles. The van der Waals surface area contributed by atoms with Crippen LogP contribution in [0.3, 0.4) is 0 Å². The Kier molecular flexibility index (Phi) is 9.99. The summed E-state index contributed by atoms with van der Waals surface area (Å²) < 4.78 is 0. The van der Waals surface area contributed by atoms with Crippen molar-refractivity contribution in [3.63, 3.8) is 0 Å². The molecule has 204 valence electrons. The molecule has 0 spiro atoms. The molecule has 1 aliphatic carbocycles. The van der Waals surface area contributed by atoms with Crippen molar-refractivity contribution in [3.05, 3.63) is 132 Å². The third-order valence-electron chi connectivity index (χ3n) is 7.10. The minimum atomic E-state index is -0.317. The molecule has 2 unspecified atom stereocenters. The zero-order chi connectivity index (χ0) is 27.6. The van der Waals surface area contributed by atoms with E-state index < -0.39 is 0 Å². The molecular weight excluding hydrogens is 533 g/mol. The maximum atomic E-state index is 13.5. The molecule has 4 nitrogen and oxygen atoms in total. The second-order valence-corrected chi connectivity index (χ2v) is 12.4. The number of amides is 2. The van der Waals surface area contributed by atoms with Crippen LogP contribution < -0.4 is 10.6 Å². The van der Waals surface area contributed by atoms with Crippen molar-refractivity contribution in [1.29, 1.82) is 0 Å². The molecule has 1 saturated carbocycles. The summed E-state index contributed by atoms with van der Waals surface area (Å²) >= 11 is 3.16. The molecule has 1 aliphatic rings. The quantitative estimate of drug-likeness (QED) is 0.194. The van der Waals surface area contributed by atoms with Gasteiger partial charge in [-0.05, 0) is 61.1 Å². The largest absolute Gasteiger partial charge is 0.352 e. The van der Waals surface area contributed by atoms with E-state index in [1.54, 1.807) is 23.5 Å². The molecule has 2 amide bonds. The van der Waals surface area contributed by atoms with Gasteiger partial charge in [-0.25, -0.2) is 0 Å². The molecule has 0 radical (unpaired) electrons. The lowest BCUT2D eigenvalue weighted by Crippen LogP contribution is -2.45. The lowest BCUT2D eigenvalue weighted by Gasteiger charge is -2.31. The first-order valence-corrected chi connectivity index (χ1v) is 15.6. The average molecular weight is 567 g/mol. The van der Waals surface area contributed by atoms with Crippen molar-refractivity contribution in [2.24, 2.45) is 0 Å². The van der Waals surface area contributed by atoms with E-state index in [1.807, 2.05) is 121 Å². The highest BCUT2D eigenvalue weighted by Gasteiger charge is 2.30. The average Bonchev–Trinajstić information content (AvgIpc) is 3.01. The van der Waals surface area contributed by atoms with Gasteiger partial charge >= 0.3 is 0 Å². The molecule has 40 heavy (non-hydrogen) atoms. The molecule has 5 rings (SSSR count). The Hall–Kier alpha value is -3.48. The summed E-state index contributed by atoms with van der Waals surface area (Å²) in [6, 6.07) is 40.3. The van der Waals surface area contributed by atoms with Crippen LogP contribution in [0.15, 0.2) is 131 Å². The molecule has 0 aromatic heterocycles. The van der Waals surface area contributed by atoms with Crippen LogP contribution in [0.5, 0.6) is 0 Å². The highest BCUT2D eigenvalue weighted by molar-refractivity contribution is 8.00. The van der Waals surface area contributed by atoms with Crippen LogP contribution in [0.25, 0.3) is 0 Å². The fourth-order valence-corrected chi connectivity index (χ4v) is 7.12. The van der Waals surface area contributed by atoms with Gasteiger partial charge in [-0.15, -0.1) is 23.5 Å². The SMILES string of the molecule is O=C(NC1CCC(NC(=O)C(Sc2ccccc2)c2ccccc2)CC1)C(Sc1ccccc1)c1ccccc1. The Labute approximate surface area is 245 Å². The van der Waals surface area contributed by atoms with Crippen LogP contribution in [0.2, 0.25) is 0 Å². The predicted octanol–water partition coefficient (Wildman–Crippen LogP) is 7.60. The first-order valence-electron chi connectivity index (χ1n) is 13.8. The van der Waals surface area contributed by atoms with Crippen molar-refractivity contribution in [1.82, 2.24) is 10.6 Å². The molecule has 4 aromatic carbocycles. The molecule has 2 atom stereocenters. The summed E-state index contributed by atoms with van der Waals surface area (Å²) in [6.07, 6.45) is 3.37. The zero-order valence-corrected chi connectivity index (χ0v) is 24.0. The van der Waals surface area contributed by atoms with E-state index in [2.05, 4.69) is 10.6 Å². The van der Waals surface area contributed by atoms with Gasteiger partial charge in [0.1, 0.15) is 10.5 Å². The molecule has 1 fully saturated rings. The Morgan fingerprint density at radius 3 is 1.12 bits per heavy atom. The Balaban J connectivity index is 1.18. The fraction of sp³-hybridized carbons (Fsp3) is 0.235. The lowest BCUT2D eigenvalue weighted by molar-refractivity contribution is -0.123. The highest BCUT2D eigenvalue weighted by atomic mass is 32.2. The Morgan fingerprint density at radius 2 is 0.800 bits per heavy atom. The molecular formula is C34H34N2O2S2. The standard InChI is InChI=1S/C34H34N2O2S2/c37-33(31(25-13-5-1-6-14-25)39-29-17-9-3-10-18-29)35-27-21-23-28(24-22-27)36-34(38)32(26-15-7-2-8-16-26)40-30-19-11-4-12-20-30/h1-20,27-28,31-32H,21-24H2,(H,35,37)(H,36,38). The van der Waals surface area contributed by atoms with Gasteiger partial charge < -0.3 is 10.6 Å². The number of hydrogen-bond acceptors (Lipinski definition) is 4. The lowest BCUT2D eigenvalue weighted by atomic mass is 9.90. The topological polar surface area (TPSA) is 58.2 Å². The molecule has 0 bridgehead atoms. The number of carbonyl (C=O) groups is 2. The molecule has 2 N–H and O–H groups in total. The van der Waals surface area contributed by atoms with Crippen molar-refractivity contribution < 1.29 is 9.59 Å². The first-order chi connectivity index (χ1) is 19.7. The van der Waals surface area contributed by atoms with Gasteiger partial charge in [-0.2, -0.15) is 0 Å². The van der Waals surface area contributed by atoms with E-state index in [-0.39, 0.29) is 34.4 Å². The minimum Gasteiger partial charge on any atom is -0.352 e. The summed E-state index contributed by atoms with van der Waals surface area (Å²) in [5.41, 5.74) is 2.00. The van der Waals surface area contributed by atoms with Gasteiger partial charge in [0.15, 0.2) is 0 Å². The van der Waals surface area contributed by atoms with Crippen LogP contribution in [0.1, 0.15) is 47.3 Å². The first kappa shape index (κ1) is 28.1. The predicted molar refractivity (Wildman–Crippen MR) is 165 cm³/mol. The van der Waals surface area contributed by atoms with E-state index >= 15 is 0 Å².